The molecule has 7 nitrogen and oxygen atoms in total. The summed E-state index contributed by atoms with van der Waals surface area (Å²) in [5, 5.41) is 0. The molecule has 2 saturated heterocycles. The van der Waals surface area contributed by atoms with Gasteiger partial charge < -0.3 is 19.6 Å². The SMILES string of the molecule is Cc1cc(N2CCN(C)CC2)nc(N2CCN(C(=O)c3c(F)cccc3F)CC2)n1. The van der Waals surface area contributed by atoms with Crippen LogP contribution in [0.5, 0.6) is 0 Å². The number of rotatable bonds is 3. The van der Waals surface area contributed by atoms with Gasteiger partial charge in [0.2, 0.25) is 5.95 Å². The minimum atomic E-state index is -0.832. The van der Waals surface area contributed by atoms with Crippen molar-refractivity contribution >= 4 is 17.7 Å². The Balaban J connectivity index is 1.45. The number of anilines is 2. The van der Waals surface area contributed by atoms with E-state index in [0.29, 0.717) is 32.1 Å². The fraction of sp³-hybridized carbons (Fsp3) is 0.476. The minimum Gasteiger partial charge on any atom is -0.354 e. The average Bonchev–Trinajstić information content (AvgIpc) is 2.74. The largest absolute Gasteiger partial charge is 0.354 e. The lowest BCUT2D eigenvalue weighted by atomic mass is 10.1. The second-order valence-corrected chi connectivity index (χ2v) is 7.83. The van der Waals surface area contributed by atoms with Gasteiger partial charge in [0, 0.05) is 64.1 Å². The predicted octanol–water partition coefficient (Wildman–Crippen LogP) is 1.78. The maximum Gasteiger partial charge on any atom is 0.259 e. The molecule has 1 aromatic carbocycles. The number of likely N-dealkylation sites (N-methyl/N-ethyl adjacent to an activating group) is 1. The summed E-state index contributed by atoms with van der Waals surface area (Å²) >= 11 is 0. The Labute approximate surface area is 174 Å². The zero-order valence-corrected chi connectivity index (χ0v) is 17.3. The summed E-state index contributed by atoms with van der Waals surface area (Å²) in [7, 11) is 2.11. The van der Waals surface area contributed by atoms with Crippen LogP contribution in [0.3, 0.4) is 0 Å². The van der Waals surface area contributed by atoms with Gasteiger partial charge in [-0.25, -0.2) is 13.8 Å². The van der Waals surface area contributed by atoms with E-state index in [0.717, 1.165) is 49.8 Å². The van der Waals surface area contributed by atoms with Gasteiger partial charge in [-0.2, -0.15) is 4.98 Å². The summed E-state index contributed by atoms with van der Waals surface area (Å²) in [6.45, 7) is 7.50. The molecule has 160 valence electrons. The molecule has 3 heterocycles. The topological polar surface area (TPSA) is 55.8 Å². The molecule has 1 aromatic heterocycles. The second-order valence-electron chi connectivity index (χ2n) is 7.83. The lowest BCUT2D eigenvalue weighted by Crippen LogP contribution is -2.50. The Kier molecular flexibility index (Phi) is 5.80. The van der Waals surface area contributed by atoms with Crippen LogP contribution >= 0.6 is 0 Å². The number of halogens is 2. The summed E-state index contributed by atoms with van der Waals surface area (Å²) in [5.74, 6) is -0.735. The molecule has 2 fully saturated rings. The fourth-order valence-corrected chi connectivity index (χ4v) is 3.85. The number of aromatic nitrogens is 2. The zero-order valence-electron chi connectivity index (χ0n) is 17.3. The lowest BCUT2D eigenvalue weighted by molar-refractivity contribution is 0.0736. The Morgan fingerprint density at radius 3 is 2.13 bits per heavy atom. The first-order valence-electron chi connectivity index (χ1n) is 10.2. The third-order valence-electron chi connectivity index (χ3n) is 5.68. The van der Waals surface area contributed by atoms with Crippen LogP contribution < -0.4 is 9.80 Å². The molecule has 9 heteroatoms. The van der Waals surface area contributed by atoms with Crippen molar-refractivity contribution in [2.75, 3.05) is 69.2 Å². The number of benzene rings is 1. The van der Waals surface area contributed by atoms with E-state index in [-0.39, 0.29) is 0 Å². The molecule has 0 spiro atoms. The molecular weight excluding hydrogens is 390 g/mol. The van der Waals surface area contributed by atoms with Gasteiger partial charge in [-0.15, -0.1) is 0 Å². The van der Waals surface area contributed by atoms with E-state index in [2.05, 4.69) is 21.8 Å². The lowest BCUT2D eigenvalue weighted by Gasteiger charge is -2.36. The third-order valence-corrected chi connectivity index (χ3v) is 5.68. The molecule has 2 aliphatic rings. The minimum absolute atomic E-state index is 0.355. The number of amides is 1. The molecule has 0 radical (unpaired) electrons. The maximum atomic E-state index is 14.0. The quantitative estimate of drug-likeness (QED) is 0.760. The highest BCUT2D eigenvalue weighted by Crippen LogP contribution is 2.21. The van der Waals surface area contributed by atoms with Crippen molar-refractivity contribution in [2.45, 2.75) is 6.92 Å². The summed E-state index contributed by atoms with van der Waals surface area (Å²) in [6.07, 6.45) is 0. The predicted molar refractivity (Wildman–Crippen MR) is 111 cm³/mol. The maximum absolute atomic E-state index is 14.0. The zero-order chi connectivity index (χ0) is 21.3. The monoisotopic (exact) mass is 416 g/mol. The van der Waals surface area contributed by atoms with E-state index in [1.165, 1.54) is 11.0 Å². The number of nitrogens with zero attached hydrogens (tertiary/aromatic N) is 6. The number of hydrogen-bond donors (Lipinski definition) is 0. The molecule has 0 atom stereocenters. The average molecular weight is 416 g/mol. The third kappa shape index (κ3) is 4.21. The molecule has 30 heavy (non-hydrogen) atoms. The number of piperazine rings is 2. The Morgan fingerprint density at radius 1 is 0.900 bits per heavy atom. The van der Waals surface area contributed by atoms with Gasteiger partial charge in [0.25, 0.3) is 5.91 Å². The van der Waals surface area contributed by atoms with Crippen LogP contribution in [-0.2, 0) is 0 Å². The Bertz CT molecular complexity index is 903. The van der Waals surface area contributed by atoms with Gasteiger partial charge in [-0.3, -0.25) is 4.79 Å². The van der Waals surface area contributed by atoms with Crippen molar-refractivity contribution in [1.82, 2.24) is 19.8 Å². The molecule has 1 amide bonds. The van der Waals surface area contributed by atoms with Gasteiger partial charge >= 0.3 is 0 Å². The molecule has 0 saturated carbocycles. The number of hydrogen-bond acceptors (Lipinski definition) is 6. The van der Waals surface area contributed by atoms with E-state index in [9.17, 15) is 13.6 Å². The van der Waals surface area contributed by atoms with Crippen LogP contribution in [0.1, 0.15) is 16.1 Å². The fourth-order valence-electron chi connectivity index (χ4n) is 3.85. The van der Waals surface area contributed by atoms with Gasteiger partial charge in [0.15, 0.2) is 0 Å². The van der Waals surface area contributed by atoms with Crippen molar-refractivity contribution in [3.63, 3.8) is 0 Å². The first kappa shape index (κ1) is 20.5. The molecule has 0 aliphatic carbocycles. The van der Waals surface area contributed by atoms with E-state index in [1.807, 2.05) is 17.9 Å². The number of carbonyl (C=O) groups excluding carboxylic acids is 1. The first-order chi connectivity index (χ1) is 14.4. The molecule has 0 unspecified atom stereocenters. The van der Waals surface area contributed by atoms with Crippen molar-refractivity contribution in [1.29, 1.82) is 0 Å². The van der Waals surface area contributed by atoms with Gasteiger partial charge in [0.1, 0.15) is 23.0 Å². The number of carbonyl (C=O) groups is 1. The summed E-state index contributed by atoms with van der Waals surface area (Å²) < 4.78 is 27.9. The molecule has 0 bridgehead atoms. The highest BCUT2D eigenvalue weighted by Gasteiger charge is 2.28. The second kappa shape index (κ2) is 8.51. The summed E-state index contributed by atoms with van der Waals surface area (Å²) in [6, 6.07) is 5.46. The molecular formula is C21H26F2N6O. The highest BCUT2D eigenvalue weighted by molar-refractivity contribution is 5.95. The molecule has 0 N–H and O–H groups in total. The van der Waals surface area contributed by atoms with E-state index < -0.39 is 23.1 Å². The van der Waals surface area contributed by atoms with Crippen LogP contribution in [0, 0.1) is 18.6 Å². The van der Waals surface area contributed by atoms with Crippen molar-refractivity contribution in [2.24, 2.45) is 0 Å². The van der Waals surface area contributed by atoms with Gasteiger partial charge in [-0.05, 0) is 26.1 Å². The number of aryl methyl sites for hydroxylation is 1. The summed E-state index contributed by atoms with van der Waals surface area (Å²) in [4.78, 5) is 30.0. The molecule has 2 aliphatic heterocycles. The van der Waals surface area contributed by atoms with Crippen molar-refractivity contribution in [3.05, 3.63) is 47.2 Å². The smallest absolute Gasteiger partial charge is 0.259 e. The van der Waals surface area contributed by atoms with Crippen molar-refractivity contribution < 1.29 is 13.6 Å². The van der Waals surface area contributed by atoms with Crippen molar-refractivity contribution in [3.8, 4) is 0 Å². The standard InChI is InChI=1S/C21H26F2N6O/c1-15-14-18(27-8-6-26(2)7-9-27)25-21(24-15)29-12-10-28(11-13-29)20(30)19-16(22)4-3-5-17(19)23/h3-5,14H,6-13H2,1-2H3. The van der Waals surface area contributed by atoms with E-state index in [4.69, 9.17) is 4.98 Å². The van der Waals surface area contributed by atoms with Crippen LogP contribution in [0.15, 0.2) is 24.3 Å². The first-order valence-corrected chi connectivity index (χ1v) is 10.2. The molecule has 2 aromatic rings. The summed E-state index contributed by atoms with van der Waals surface area (Å²) in [5.41, 5.74) is 0.399. The van der Waals surface area contributed by atoms with Crippen LogP contribution in [0.2, 0.25) is 0 Å². The molecule has 4 rings (SSSR count). The van der Waals surface area contributed by atoms with E-state index in [1.54, 1.807) is 0 Å². The van der Waals surface area contributed by atoms with Gasteiger partial charge in [-0.1, -0.05) is 6.07 Å². The van der Waals surface area contributed by atoms with Crippen LogP contribution in [-0.4, -0.2) is 85.1 Å². The highest BCUT2D eigenvalue weighted by atomic mass is 19.1. The Morgan fingerprint density at radius 2 is 1.50 bits per heavy atom. The Hall–Kier alpha value is -2.81. The van der Waals surface area contributed by atoms with E-state index >= 15 is 0 Å². The van der Waals surface area contributed by atoms with Crippen LogP contribution in [0.4, 0.5) is 20.5 Å². The van der Waals surface area contributed by atoms with Gasteiger partial charge in [0.05, 0.1) is 0 Å². The normalized spacial score (nSPS) is 18.1. The van der Waals surface area contributed by atoms with Crippen LogP contribution in [0.25, 0.3) is 0 Å².